The molecule has 52 heavy (non-hydrogen) atoms. The molecule has 7 amide bonds. The van der Waals surface area contributed by atoms with Crippen LogP contribution < -0.4 is 31.7 Å². The van der Waals surface area contributed by atoms with E-state index in [1.54, 1.807) is 38.1 Å². The topological polar surface area (TPSA) is 245 Å². The number of anilines is 1. The molecule has 0 aliphatic carbocycles. The first-order valence-corrected chi connectivity index (χ1v) is 16.7. The highest BCUT2D eigenvalue weighted by Gasteiger charge is 2.29. The lowest BCUT2D eigenvalue weighted by Crippen LogP contribution is -2.54. The molecule has 17 nitrogen and oxygen atoms in total. The van der Waals surface area contributed by atoms with Crippen LogP contribution in [0.3, 0.4) is 0 Å². The molecule has 6 N–H and O–H groups in total. The SMILES string of the molecule is CC(C)[C@H](NC(=O)CCCCCN1C(=O)C=CC1=O)C(=O)N[C@@H](CCCNC(N)=O)C(=O)Nc1ccc(COC(=O)Oc2ccc(N=O)cc2)cc1. The normalized spacial score (nSPS) is 13.2. The number of nitrogens with two attached hydrogens (primary N) is 1. The first-order valence-electron chi connectivity index (χ1n) is 16.7. The van der Waals surface area contributed by atoms with Crippen LogP contribution in [0.5, 0.6) is 5.75 Å². The molecule has 0 unspecified atom stereocenters. The molecule has 0 fully saturated rings. The molecule has 278 valence electrons. The number of nitrogens with one attached hydrogen (secondary N) is 4. The smallest absolute Gasteiger partial charge is 0.429 e. The van der Waals surface area contributed by atoms with E-state index < -0.39 is 36.1 Å². The molecular weight excluding hydrogens is 678 g/mol. The van der Waals surface area contributed by atoms with Crippen molar-refractivity contribution in [1.29, 1.82) is 0 Å². The summed E-state index contributed by atoms with van der Waals surface area (Å²) in [6.45, 7) is 3.80. The van der Waals surface area contributed by atoms with Crippen molar-refractivity contribution in [3.63, 3.8) is 0 Å². The molecule has 0 aromatic heterocycles. The average Bonchev–Trinajstić information content (AvgIpc) is 3.43. The standard InChI is InChI=1S/C35H43N7O10/c1-22(2)31(40-28(43)8-4-3-5-20-42-29(44)17-18-30(42)45)33(47)39-27(7-6-19-37-34(36)48)32(46)38-24-11-9-23(10-12-24)21-51-35(49)52-26-15-13-25(41-50)14-16-26/h9-18,22,27,31H,3-8,19-21H2,1-2H3,(H,38,46)(H,39,47)(H,40,43)(H3,36,37,48)/t27-,31-/m0/s1. The van der Waals surface area contributed by atoms with Crippen LogP contribution >= 0.6 is 0 Å². The molecule has 0 radical (unpaired) electrons. The van der Waals surface area contributed by atoms with Crippen LogP contribution in [-0.4, -0.2) is 71.8 Å². The van der Waals surface area contributed by atoms with Crippen molar-refractivity contribution >= 4 is 53.1 Å². The summed E-state index contributed by atoms with van der Waals surface area (Å²) in [5, 5.41) is 13.4. The van der Waals surface area contributed by atoms with E-state index in [1.807, 2.05) is 0 Å². The van der Waals surface area contributed by atoms with Crippen LogP contribution in [-0.2, 0) is 35.3 Å². The maximum atomic E-state index is 13.4. The van der Waals surface area contributed by atoms with Crippen molar-refractivity contribution in [1.82, 2.24) is 20.9 Å². The van der Waals surface area contributed by atoms with Crippen molar-refractivity contribution in [2.75, 3.05) is 18.4 Å². The highest BCUT2D eigenvalue weighted by Crippen LogP contribution is 2.19. The van der Waals surface area contributed by atoms with Crippen molar-refractivity contribution in [3.05, 3.63) is 71.2 Å². The Kier molecular flexibility index (Phi) is 15.9. The fourth-order valence-electron chi connectivity index (χ4n) is 4.97. The molecule has 2 atom stereocenters. The maximum absolute atomic E-state index is 13.4. The number of urea groups is 1. The summed E-state index contributed by atoms with van der Waals surface area (Å²) < 4.78 is 10.2. The quantitative estimate of drug-likeness (QED) is 0.0439. The number of unbranched alkanes of at least 4 members (excludes halogenated alkanes) is 2. The predicted octanol–water partition coefficient (Wildman–Crippen LogP) is 3.30. The van der Waals surface area contributed by atoms with E-state index in [0.29, 0.717) is 36.9 Å². The highest BCUT2D eigenvalue weighted by atomic mass is 16.7. The zero-order valence-electron chi connectivity index (χ0n) is 28.9. The van der Waals surface area contributed by atoms with Gasteiger partial charge in [-0.05, 0) is 78.7 Å². The van der Waals surface area contributed by atoms with Crippen LogP contribution in [0.2, 0.25) is 0 Å². The van der Waals surface area contributed by atoms with E-state index in [-0.39, 0.29) is 67.6 Å². The van der Waals surface area contributed by atoms with Gasteiger partial charge in [0.1, 0.15) is 30.1 Å². The number of hydrogen-bond acceptors (Lipinski definition) is 11. The number of carbonyl (C=O) groups is 7. The molecule has 3 rings (SSSR count). The van der Waals surface area contributed by atoms with E-state index in [9.17, 15) is 38.5 Å². The Morgan fingerprint density at radius 1 is 0.846 bits per heavy atom. The Morgan fingerprint density at radius 2 is 1.52 bits per heavy atom. The first kappa shape index (κ1) is 40.3. The number of benzene rings is 2. The largest absolute Gasteiger partial charge is 0.514 e. The van der Waals surface area contributed by atoms with Crippen LogP contribution in [0.15, 0.2) is 65.9 Å². The summed E-state index contributed by atoms with van der Waals surface area (Å²) in [7, 11) is 0. The van der Waals surface area contributed by atoms with E-state index in [4.69, 9.17) is 15.2 Å². The minimum atomic E-state index is -1.04. The zero-order chi connectivity index (χ0) is 38.0. The second kappa shape index (κ2) is 20.5. The van der Waals surface area contributed by atoms with E-state index in [2.05, 4.69) is 26.4 Å². The molecular formula is C35H43N7O10. The Labute approximate surface area is 300 Å². The van der Waals surface area contributed by atoms with Crippen molar-refractivity contribution in [3.8, 4) is 5.75 Å². The maximum Gasteiger partial charge on any atom is 0.514 e. The molecule has 0 bridgehead atoms. The molecule has 1 aliphatic heterocycles. The number of hydrogen-bond donors (Lipinski definition) is 5. The number of amides is 7. The van der Waals surface area contributed by atoms with Gasteiger partial charge in [-0.25, -0.2) is 9.59 Å². The van der Waals surface area contributed by atoms with Gasteiger partial charge in [0, 0.05) is 37.3 Å². The zero-order valence-corrected chi connectivity index (χ0v) is 28.9. The number of ether oxygens (including phenoxy) is 2. The number of nitroso groups, excluding NO2 is 1. The second-order valence-corrected chi connectivity index (χ2v) is 12.2. The van der Waals surface area contributed by atoms with Crippen LogP contribution in [0, 0.1) is 10.8 Å². The van der Waals surface area contributed by atoms with Gasteiger partial charge in [-0.1, -0.05) is 32.4 Å². The van der Waals surface area contributed by atoms with Gasteiger partial charge in [0.2, 0.25) is 17.7 Å². The number of carbonyl (C=O) groups excluding carboxylic acids is 7. The molecule has 1 aliphatic rings. The van der Waals surface area contributed by atoms with Crippen molar-refractivity contribution < 1.29 is 43.0 Å². The van der Waals surface area contributed by atoms with Crippen LogP contribution in [0.4, 0.5) is 21.0 Å². The molecule has 17 heteroatoms. The highest BCUT2D eigenvalue weighted by molar-refractivity contribution is 6.12. The Balaban J connectivity index is 1.52. The molecule has 2 aromatic carbocycles. The van der Waals surface area contributed by atoms with Gasteiger partial charge in [-0.15, -0.1) is 4.91 Å². The summed E-state index contributed by atoms with van der Waals surface area (Å²) in [6, 6.07) is 9.23. The Morgan fingerprint density at radius 3 is 2.13 bits per heavy atom. The summed E-state index contributed by atoms with van der Waals surface area (Å²) in [5.41, 5.74) is 6.29. The number of primary amides is 1. The molecule has 2 aromatic rings. The Hall–Kier alpha value is -6.13. The van der Waals surface area contributed by atoms with Gasteiger partial charge >= 0.3 is 12.2 Å². The lowest BCUT2D eigenvalue weighted by molar-refractivity contribution is -0.137. The third-order valence-corrected chi connectivity index (χ3v) is 7.77. The number of rotatable bonds is 20. The molecule has 0 saturated heterocycles. The van der Waals surface area contributed by atoms with Gasteiger partial charge in [0.05, 0.1) is 0 Å². The summed E-state index contributed by atoms with van der Waals surface area (Å²) in [4.78, 5) is 97.7. The van der Waals surface area contributed by atoms with Gasteiger partial charge < -0.3 is 36.5 Å². The van der Waals surface area contributed by atoms with E-state index in [1.165, 1.54) is 36.4 Å². The van der Waals surface area contributed by atoms with Crippen LogP contribution in [0.1, 0.15) is 57.9 Å². The second-order valence-electron chi connectivity index (χ2n) is 12.2. The van der Waals surface area contributed by atoms with Gasteiger partial charge in [0.25, 0.3) is 11.8 Å². The predicted molar refractivity (Wildman–Crippen MR) is 188 cm³/mol. The Bertz CT molecular complexity index is 1610. The van der Waals surface area contributed by atoms with Gasteiger partial charge in [0.15, 0.2) is 0 Å². The summed E-state index contributed by atoms with van der Waals surface area (Å²) in [6.07, 6.45) is 3.63. The molecule has 0 spiro atoms. The van der Waals surface area contributed by atoms with Crippen molar-refractivity contribution in [2.24, 2.45) is 16.8 Å². The monoisotopic (exact) mass is 721 g/mol. The fraction of sp³-hybridized carbons (Fsp3) is 0.400. The van der Waals surface area contributed by atoms with E-state index in [0.717, 1.165) is 4.90 Å². The summed E-state index contributed by atoms with van der Waals surface area (Å²) in [5.74, 6) is -2.34. The third-order valence-electron chi connectivity index (χ3n) is 7.77. The molecule has 0 saturated carbocycles. The minimum Gasteiger partial charge on any atom is -0.429 e. The molecule has 1 heterocycles. The van der Waals surface area contributed by atoms with Gasteiger partial charge in [-0.3, -0.25) is 28.9 Å². The fourth-order valence-corrected chi connectivity index (χ4v) is 4.97. The third kappa shape index (κ3) is 13.6. The average molecular weight is 722 g/mol. The van der Waals surface area contributed by atoms with E-state index >= 15 is 0 Å². The number of imide groups is 1. The van der Waals surface area contributed by atoms with Crippen molar-refractivity contribution in [2.45, 2.75) is 71.1 Å². The van der Waals surface area contributed by atoms with Gasteiger partial charge in [-0.2, -0.15) is 0 Å². The summed E-state index contributed by atoms with van der Waals surface area (Å²) >= 11 is 0. The number of nitrogens with zero attached hydrogens (tertiary/aromatic N) is 2. The lowest BCUT2D eigenvalue weighted by Gasteiger charge is -2.25. The lowest BCUT2D eigenvalue weighted by atomic mass is 10.0. The first-order chi connectivity index (χ1) is 24.9. The van der Waals surface area contributed by atoms with Crippen LogP contribution in [0.25, 0.3) is 0 Å². The minimum absolute atomic E-state index is 0.121.